The molecule has 0 aliphatic carbocycles. The lowest BCUT2D eigenvalue weighted by Crippen LogP contribution is -2.35. The Hall–Kier alpha value is -3.06. The fourth-order valence-electron chi connectivity index (χ4n) is 3.06. The zero-order valence-electron chi connectivity index (χ0n) is 17.5. The predicted molar refractivity (Wildman–Crippen MR) is 118 cm³/mol. The number of carbonyl (C=O) groups is 2. The first-order valence-electron chi connectivity index (χ1n) is 9.56. The number of halogens is 1. The Kier molecular flexibility index (Phi) is 6.62. The van der Waals surface area contributed by atoms with E-state index in [1.165, 1.54) is 28.4 Å². The summed E-state index contributed by atoms with van der Waals surface area (Å²) in [5, 5.41) is 3.70. The zero-order chi connectivity index (χ0) is 21.8. The number of aromatic nitrogens is 1. The zero-order valence-corrected chi connectivity index (χ0v) is 18.3. The molecule has 0 saturated carbocycles. The summed E-state index contributed by atoms with van der Waals surface area (Å²) in [5.74, 6) is -0.755. The number of likely N-dealkylation sites (N-methyl/N-ethyl adjacent to an activating group) is 1. The Labute approximate surface area is 179 Å². The number of aryl methyl sites for hydroxylation is 3. The number of anilines is 1. The third kappa shape index (κ3) is 5.30. The summed E-state index contributed by atoms with van der Waals surface area (Å²) in [6.07, 6.45) is 0.130. The predicted octanol–water partition coefficient (Wildman–Crippen LogP) is 4.51. The fourth-order valence-corrected chi connectivity index (χ4v) is 4.01. The highest BCUT2D eigenvalue weighted by Crippen LogP contribution is 2.29. The van der Waals surface area contributed by atoms with Gasteiger partial charge in [-0.1, -0.05) is 12.1 Å². The minimum absolute atomic E-state index is 0.0458. The second-order valence-corrected chi connectivity index (χ2v) is 8.59. The summed E-state index contributed by atoms with van der Waals surface area (Å²) in [4.78, 5) is 31.9. The van der Waals surface area contributed by atoms with Gasteiger partial charge >= 0.3 is 0 Å². The van der Waals surface area contributed by atoms with Crippen molar-refractivity contribution in [3.8, 4) is 11.3 Å². The van der Waals surface area contributed by atoms with E-state index in [0.717, 1.165) is 32.3 Å². The van der Waals surface area contributed by atoms with Crippen molar-refractivity contribution in [2.24, 2.45) is 0 Å². The van der Waals surface area contributed by atoms with Crippen LogP contribution in [0.25, 0.3) is 11.3 Å². The molecule has 0 unspecified atom stereocenters. The lowest BCUT2D eigenvalue weighted by atomic mass is 10.1. The topological polar surface area (TPSA) is 62.3 Å². The molecule has 1 aromatic heterocycles. The van der Waals surface area contributed by atoms with Crippen LogP contribution in [0.3, 0.4) is 0 Å². The van der Waals surface area contributed by atoms with E-state index in [0.29, 0.717) is 5.69 Å². The Balaban J connectivity index is 1.66. The Morgan fingerprint density at radius 1 is 1.10 bits per heavy atom. The Bertz CT molecular complexity index is 1080. The van der Waals surface area contributed by atoms with Gasteiger partial charge in [0.2, 0.25) is 11.8 Å². The van der Waals surface area contributed by atoms with Crippen LogP contribution in [0.2, 0.25) is 0 Å². The van der Waals surface area contributed by atoms with Gasteiger partial charge in [-0.25, -0.2) is 9.37 Å². The van der Waals surface area contributed by atoms with Gasteiger partial charge in [0.25, 0.3) is 0 Å². The number of amides is 2. The van der Waals surface area contributed by atoms with E-state index >= 15 is 0 Å². The molecule has 5 nitrogen and oxygen atoms in total. The van der Waals surface area contributed by atoms with Gasteiger partial charge in [0.1, 0.15) is 5.82 Å². The van der Waals surface area contributed by atoms with E-state index in [1.807, 2.05) is 39.0 Å². The minimum Gasteiger partial charge on any atom is -0.336 e. The van der Waals surface area contributed by atoms with Crippen LogP contribution in [-0.4, -0.2) is 35.3 Å². The van der Waals surface area contributed by atoms with Gasteiger partial charge in [-0.3, -0.25) is 9.59 Å². The molecule has 30 heavy (non-hydrogen) atoms. The van der Waals surface area contributed by atoms with Crippen LogP contribution in [0.1, 0.15) is 21.0 Å². The van der Waals surface area contributed by atoms with Gasteiger partial charge in [0, 0.05) is 23.2 Å². The van der Waals surface area contributed by atoms with E-state index in [-0.39, 0.29) is 30.6 Å². The summed E-state index contributed by atoms with van der Waals surface area (Å²) >= 11 is 1.43. The average molecular weight is 426 g/mol. The molecule has 156 valence electrons. The molecule has 1 N–H and O–H groups in total. The quantitative estimate of drug-likeness (QED) is 0.632. The van der Waals surface area contributed by atoms with Gasteiger partial charge in [0.05, 0.1) is 23.7 Å². The molecule has 0 atom stereocenters. The summed E-state index contributed by atoms with van der Waals surface area (Å²) < 4.78 is 13.2. The third-order valence-corrected chi connectivity index (χ3v) is 5.68. The SMILES string of the molecule is Cc1ccc(C)c(NC(=O)CN(C)C(=O)Cc2sc(C)nc2-c2ccc(F)cc2)c1. The number of thiazole rings is 1. The second kappa shape index (κ2) is 9.17. The molecule has 0 aliphatic heterocycles. The van der Waals surface area contributed by atoms with Crippen LogP contribution in [0.15, 0.2) is 42.5 Å². The molecular weight excluding hydrogens is 401 g/mol. The van der Waals surface area contributed by atoms with Crippen LogP contribution in [0.4, 0.5) is 10.1 Å². The third-order valence-electron chi connectivity index (χ3n) is 4.71. The highest BCUT2D eigenvalue weighted by atomic mass is 32.1. The van der Waals surface area contributed by atoms with E-state index in [1.54, 1.807) is 19.2 Å². The fraction of sp³-hybridized carbons (Fsp3) is 0.261. The normalized spacial score (nSPS) is 10.7. The summed E-state index contributed by atoms with van der Waals surface area (Å²) in [6, 6.07) is 11.9. The van der Waals surface area contributed by atoms with Crippen molar-refractivity contribution < 1.29 is 14.0 Å². The lowest BCUT2D eigenvalue weighted by molar-refractivity contribution is -0.132. The van der Waals surface area contributed by atoms with Crippen molar-refractivity contribution in [1.82, 2.24) is 9.88 Å². The molecule has 0 fully saturated rings. The number of rotatable bonds is 6. The number of hydrogen-bond donors (Lipinski definition) is 1. The number of carbonyl (C=O) groups excluding carboxylic acids is 2. The second-order valence-electron chi connectivity index (χ2n) is 7.30. The molecule has 3 rings (SSSR count). The monoisotopic (exact) mass is 425 g/mol. The molecule has 0 saturated heterocycles. The van der Waals surface area contributed by atoms with Crippen molar-refractivity contribution in [3.63, 3.8) is 0 Å². The maximum Gasteiger partial charge on any atom is 0.243 e. The number of nitrogens with one attached hydrogen (secondary N) is 1. The maximum atomic E-state index is 13.2. The van der Waals surface area contributed by atoms with Gasteiger partial charge in [-0.15, -0.1) is 11.3 Å². The van der Waals surface area contributed by atoms with E-state index in [4.69, 9.17) is 0 Å². The lowest BCUT2D eigenvalue weighted by Gasteiger charge is -2.17. The number of nitrogens with zero attached hydrogens (tertiary/aromatic N) is 2. The number of benzene rings is 2. The first-order valence-corrected chi connectivity index (χ1v) is 10.4. The summed E-state index contributed by atoms with van der Waals surface area (Å²) in [6.45, 7) is 5.70. The smallest absolute Gasteiger partial charge is 0.243 e. The van der Waals surface area contributed by atoms with Crippen molar-refractivity contribution in [1.29, 1.82) is 0 Å². The standard InChI is InChI=1S/C23H24FN3O2S/c1-14-5-6-15(2)19(11-14)26-21(28)13-27(4)22(29)12-20-23(25-16(3)30-20)17-7-9-18(24)10-8-17/h5-11H,12-13H2,1-4H3,(H,26,28). The van der Waals surface area contributed by atoms with Crippen LogP contribution in [-0.2, 0) is 16.0 Å². The van der Waals surface area contributed by atoms with Gasteiger partial charge in [-0.2, -0.15) is 0 Å². The first-order chi connectivity index (χ1) is 14.2. The minimum atomic E-state index is -0.321. The Morgan fingerprint density at radius 3 is 2.50 bits per heavy atom. The molecule has 0 spiro atoms. The molecule has 7 heteroatoms. The maximum absolute atomic E-state index is 13.2. The van der Waals surface area contributed by atoms with Gasteiger partial charge < -0.3 is 10.2 Å². The van der Waals surface area contributed by atoms with Gasteiger partial charge in [0.15, 0.2) is 0 Å². The summed E-state index contributed by atoms with van der Waals surface area (Å²) in [5.41, 5.74) is 4.21. The molecule has 0 bridgehead atoms. The van der Waals surface area contributed by atoms with E-state index in [2.05, 4.69) is 10.3 Å². The van der Waals surface area contributed by atoms with E-state index in [9.17, 15) is 14.0 Å². The van der Waals surface area contributed by atoms with Crippen molar-refractivity contribution in [2.45, 2.75) is 27.2 Å². The highest BCUT2D eigenvalue weighted by Gasteiger charge is 2.19. The molecular formula is C23H24FN3O2S. The molecule has 2 amide bonds. The average Bonchev–Trinajstić information content (AvgIpc) is 3.05. The van der Waals surface area contributed by atoms with Crippen LogP contribution in [0.5, 0.6) is 0 Å². The van der Waals surface area contributed by atoms with Crippen molar-refractivity contribution in [3.05, 3.63) is 69.3 Å². The molecule has 1 heterocycles. The summed E-state index contributed by atoms with van der Waals surface area (Å²) in [7, 11) is 1.61. The van der Waals surface area contributed by atoms with Crippen molar-refractivity contribution >= 4 is 28.8 Å². The van der Waals surface area contributed by atoms with E-state index < -0.39 is 0 Å². The molecule has 2 aromatic carbocycles. The van der Waals surface area contributed by atoms with Crippen LogP contribution in [0, 0.1) is 26.6 Å². The largest absolute Gasteiger partial charge is 0.336 e. The number of hydrogen-bond acceptors (Lipinski definition) is 4. The first kappa shape index (κ1) is 21.6. The van der Waals surface area contributed by atoms with Gasteiger partial charge in [-0.05, 0) is 62.2 Å². The van der Waals surface area contributed by atoms with Crippen molar-refractivity contribution in [2.75, 3.05) is 18.9 Å². The molecule has 3 aromatic rings. The molecule has 0 radical (unpaired) electrons. The molecule has 0 aliphatic rings. The van der Waals surface area contributed by atoms with Crippen LogP contribution >= 0.6 is 11.3 Å². The highest BCUT2D eigenvalue weighted by molar-refractivity contribution is 7.12. The Morgan fingerprint density at radius 2 is 1.80 bits per heavy atom. The van der Waals surface area contributed by atoms with Crippen LogP contribution < -0.4 is 5.32 Å².